The van der Waals surface area contributed by atoms with E-state index >= 15 is 0 Å². The van der Waals surface area contributed by atoms with E-state index < -0.39 is 0 Å². The molecule has 21 heavy (non-hydrogen) atoms. The number of aryl methyl sites for hydroxylation is 2. The zero-order valence-corrected chi connectivity index (χ0v) is 12.3. The standard InChI is InChI=1S/C17H16N2O2/c1-11-4-7-14(8-5-11)19-17(20)16(13(3)18-19)10-15-9-6-12(2)21-15/h4-10H,1-3H3/b16-10-. The summed E-state index contributed by atoms with van der Waals surface area (Å²) in [5, 5.41) is 5.77. The van der Waals surface area contributed by atoms with E-state index in [0.717, 1.165) is 17.0 Å². The molecule has 1 amide bonds. The smallest absolute Gasteiger partial charge is 0.280 e. The molecule has 0 aliphatic carbocycles. The molecule has 106 valence electrons. The van der Waals surface area contributed by atoms with E-state index in [9.17, 15) is 4.79 Å². The number of benzene rings is 1. The van der Waals surface area contributed by atoms with Gasteiger partial charge in [0.15, 0.2) is 0 Å². The Labute approximate surface area is 123 Å². The first-order valence-corrected chi connectivity index (χ1v) is 6.79. The summed E-state index contributed by atoms with van der Waals surface area (Å²) in [5.74, 6) is 1.35. The zero-order chi connectivity index (χ0) is 15.0. The topological polar surface area (TPSA) is 45.8 Å². The van der Waals surface area contributed by atoms with E-state index in [1.807, 2.05) is 57.2 Å². The van der Waals surface area contributed by atoms with Crippen LogP contribution < -0.4 is 5.01 Å². The van der Waals surface area contributed by atoms with Crippen LogP contribution in [-0.2, 0) is 4.79 Å². The van der Waals surface area contributed by atoms with Crippen LogP contribution in [0, 0.1) is 13.8 Å². The number of amides is 1. The lowest BCUT2D eigenvalue weighted by Gasteiger charge is -2.11. The molecule has 1 aliphatic rings. The Morgan fingerprint density at radius 3 is 2.38 bits per heavy atom. The fourth-order valence-corrected chi connectivity index (χ4v) is 2.22. The molecule has 1 aromatic carbocycles. The minimum atomic E-state index is -0.134. The number of hydrogen-bond acceptors (Lipinski definition) is 3. The lowest BCUT2D eigenvalue weighted by Crippen LogP contribution is -2.21. The molecule has 0 atom stereocenters. The predicted octanol–water partition coefficient (Wildman–Crippen LogP) is 3.70. The zero-order valence-electron chi connectivity index (χ0n) is 12.3. The first-order chi connectivity index (χ1) is 10.0. The van der Waals surface area contributed by atoms with Gasteiger partial charge >= 0.3 is 0 Å². The predicted molar refractivity (Wildman–Crippen MR) is 83.2 cm³/mol. The van der Waals surface area contributed by atoms with E-state index in [4.69, 9.17) is 4.42 Å². The van der Waals surface area contributed by atoms with Crippen molar-refractivity contribution < 1.29 is 9.21 Å². The Balaban J connectivity index is 1.93. The third-order valence-corrected chi connectivity index (χ3v) is 3.39. The van der Waals surface area contributed by atoms with Crippen LogP contribution in [0.1, 0.15) is 24.0 Å². The number of hydrazone groups is 1. The average Bonchev–Trinajstić information content (AvgIpc) is 2.98. The van der Waals surface area contributed by atoms with Gasteiger partial charge in [-0.05, 0) is 51.1 Å². The lowest BCUT2D eigenvalue weighted by molar-refractivity contribution is -0.114. The van der Waals surface area contributed by atoms with Crippen LogP contribution in [0.15, 0.2) is 51.5 Å². The number of rotatable bonds is 2. The number of anilines is 1. The number of carbonyl (C=O) groups is 1. The fourth-order valence-electron chi connectivity index (χ4n) is 2.22. The molecule has 2 heterocycles. The minimum Gasteiger partial charge on any atom is -0.462 e. The van der Waals surface area contributed by atoms with Crippen molar-refractivity contribution >= 4 is 23.4 Å². The van der Waals surface area contributed by atoms with Gasteiger partial charge in [0, 0.05) is 0 Å². The van der Waals surface area contributed by atoms with Crippen LogP contribution in [0.5, 0.6) is 0 Å². The van der Waals surface area contributed by atoms with Gasteiger partial charge in [-0.25, -0.2) is 0 Å². The minimum absolute atomic E-state index is 0.134. The molecule has 0 N–H and O–H groups in total. The monoisotopic (exact) mass is 280 g/mol. The third kappa shape index (κ3) is 2.52. The Morgan fingerprint density at radius 2 is 1.76 bits per heavy atom. The van der Waals surface area contributed by atoms with Crippen molar-refractivity contribution in [2.45, 2.75) is 20.8 Å². The molecule has 3 rings (SSSR count). The van der Waals surface area contributed by atoms with Gasteiger partial charge in [-0.1, -0.05) is 17.7 Å². The highest BCUT2D eigenvalue weighted by Gasteiger charge is 2.28. The average molecular weight is 280 g/mol. The van der Waals surface area contributed by atoms with Crippen molar-refractivity contribution in [2.24, 2.45) is 5.10 Å². The van der Waals surface area contributed by atoms with Crippen LogP contribution in [0.4, 0.5) is 5.69 Å². The van der Waals surface area contributed by atoms with Crippen molar-refractivity contribution in [2.75, 3.05) is 5.01 Å². The van der Waals surface area contributed by atoms with Crippen molar-refractivity contribution in [1.29, 1.82) is 0 Å². The molecule has 1 aliphatic heterocycles. The Hall–Kier alpha value is -2.62. The largest absolute Gasteiger partial charge is 0.462 e. The maximum atomic E-state index is 12.5. The first-order valence-electron chi connectivity index (χ1n) is 6.79. The third-order valence-electron chi connectivity index (χ3n) is 3.39. The van der Waals surface area contributed by atoms with Gasteiger partial charge < -0.3 is 4.42 Å². The molecular weight excluding hydrogens is 264 g/mol. The van der Waals surface area contributed by atoms with Crippen LogP contribution in [0.2, 0.25) is 0 Å². The first kappa shape index (κ1) is 13.4. The summed E-state index contributed by atoms with van der Waals surface area (Å²) in [6, 6.07) is 11.4. The van der Waals surface area contributed by atoms with Crippen molar-refractivity contribution in [3.63, 3.8) is 0 Å². The highest BCUT2D eigenvalue weighted by atomic mass is 16.3. The van der Waals surface area contributed by atoms with E-state index in [-0.39, 0.29) is 5.91 Å². The summed E-state index contributed by atoms with van der Waals surface area (Å²) in [7, 11) is 0. The Bertz CT molecular complexity index is 751. The van der Waals surface area contributed by atoms with Crippen LogP contribution >= 0.6 is 0 Å². The molecule has 0 spiro atoms. The number of nitrogens with zero attached hydrogens (tertiary/aromatic N) is 2. The van der Waals surface area contributed by atoms with Crippen molar-refractivity contribution in [3.8, 4) is 0 Å². The van der Waals surface area contributed by atoms with Gasteiger partial charge in [-0.3, -0.25) is 4.79 Å². The summed E-state index contributed by atoms with van der Waals surface area (Å²) in [6.45, 7) is 5.71. The van der Waals surface area contributed by atoms with E-state index in [0.29, 0.717) is 17.0 Å². The van der Waals surface area contributed by atoms with Crippen LogP contribution in [0.25, 0.3) is 6.08 Å². The fraction of sp³-hybridized carbons (Fsp3) is 0.176. The normalized spacial score (nSPS) is 16.7. The second-order valence-electron chi connectivity index (χ2n) is 5.14. The van der Waals surface area contributed by atoms with E-state index in [1.54, 1.807) is 6.08 Å². The van der Waals surface area contributed by atoms with Gasteiger partial charge in [-0.2, -0.15) is 10.1 Å². The quantitative estimate of drug-likeness (QED) is 0.787. The van der Waals surface area contributed by atoms with Crippen molar-refractivity contribution in [3.05, 3.63) is 59.1 Å². The molecule has 0 bridgehead atoms. The molecule has 0 saturated heterocycles. The lowest BCUT2D eigenvalue weighted by atomic mass is 10.1. The van der Waals surface area contributed by atoms with E-state index in [1.165, 1.54) is 5.01 Å². The molecular formula is C17H16N2O2. The summed E-state index contributed by atoms with van der Waals surface area (Å²) in [4.78, 5) is 12.5. The Morgan fingerprint density at radius 1 is 1.05 bits per heavy atom. The van der Waals surface area contributed by atoms with Gasteiger partial charge in [0.1, 0.15) is 11.5 Å². The highest BCUT2D eigenvalue weighted by Crippen LogP contribution is 2.25. The SMILES string of the molecule is CC1=NN(c2ccc(C)cc2)C(=O)/C1=C\c1ccc(C)o1. The maximum Gasteiger partial charge on any atom is 0.280 e. The van der Waals surface area contributed by atoms with Crippen molar-refractivity contribution in [1.82, 2.24) is 0 Å². The summed E-state index contributed by atoms with van der Waals surface area (Å²) in [6.07, 6.45) is 1.74. The van der Waals surface area contributed by atoms with Gasteiger partial charge in [-0.15, -0.1) is 0 Å². The number of hydrogen-bond donors (Lipinski definition) is 0. The molecule has 4 heteroatoms. The molecule has 1 aromatic heterocycles. The second-order valence-corrected chi connectivity index (χ2v) is 5.14. The van der Waals surface area contributed by atoms with Crippen LogP contribution in [-0.4, -0.2) is 11.6 Å². The van der Waals surface area contributed by atoms with Crippen LogP contribution in [0.3, 0.4) is 0 Å². The summed E-state index contributed by atoms with van der Waals surface area (Å²) >= 11 is 0. The second kappa shape index (κ2) is 5.05. The van der Waals surface area contributed by atoms with Gasteiger partial charge in [0.05, 0.1) is 17.0 Å². The van der Waals surface area contributed by atoms with Gasteiger partial charge in [0.25, 0.3) is 5.91 Å². The summed E-state index contributed by atoms with van der Waals surface area (Å²) < 4.78 is 5.50. The number of furan rings is 1. The molecule has 0 fully saturated rings. The van der Waals surface area contributed by atoms with E-state index in [2.05, 4.69) is 5.10 Å². The van der Waals surface area contributed by atoms with Gasteiger partial charge in [0.2, 0.25) is 0 Å². The summed E-state index contributed by atoms with van der Waals surface area (Å²) in [5.41, 5.74) is 3.16. The molecule has 0 radical (unpaired) electrons. The molecule has 0 saturated carbocycles. The molecule has 4 nitrogen and oxygen atoms in total. The Kier molecular flexibility index (Phi) is 3.22. The molecule has 0 unspecified atom stereocenters. The molecule has 2 aromatic rings. The highest BCUT2D eigenvalue weighted by molar-refractivity contribution is 6.32. The maximum absolute atomic E-state index is 12.5. The number of carbonyl (C=O) groups excluding carboxylic acids is 1.